The number of rotatable bonds is 3. The summed E-state index contributed by atoms with van der Waals surface area (Å²) in [4.78, 5) is 9.48. The second-order valence-corrected chi connectivity index (χ2v) is 2.74. The largest absolute Gasteiger partial charge is 0.416 e. The predicted molar refractivity (Wildman–Crippen MR) is 47.2 cm³/mol. The van der Waals surface area contributed by atoms with Crippen LogP contribution in [0, 0.1) is 21.7 Å². The van der Waals surface area contributed by atoms with Crippen LogP contribution in [0.2, 0.25) is 0 Å². The number of nitro benzene ring substituents is 1. The van der Waals surface area contributed by atoms with Crippen molar-refractivity contribution in [3.63, 3.8) is 0 Å². The molecular weight excluding hydrogens is 216 g/mol. The van der Waals surface area contributed by atoms with E-state index in [9.17, 15) is 18.9 Å². The van der Waals surface area contributed by atoms with Crippen molar-refractivity contribution < 1.29 is 17.9 Å². The van der Waals surface area contributed by atoms with E-state index in [0.717, 1.165) is 12.0 Å². The summed E-state index contributed by atoms with van der Waals surface area (Å²) >= 11 is 0.739. The average Bonchev–Trinajstić information content (AvgIpc) is 2.09. The van der Waals surface area contributed by atoms with Crippen LogP contribution in [-0.2, 0) is 0 Å². The first kappa shape index (κ1) is 10.7. The topological polar surface area (TPSA) is 52.4 Å². The highest BCUT2D eigenvalue weighted by Gasteiger charge is 2.22. The Hall–Kier alpha value is -1.37. The Labute approximate surface area is 82.2 Å². The van der Waals surface area contributed by atoms with Gasteiger partial charge in [0.15, 0.2) is 5.82 Å². The van der Waals surface area contributed by atoms with Gasteiger partial charge >= 0.3 is 5.69 Å². The first-order valence-electron chi connectivity index (χ1n) is 3.40. The number of hydrogen-bond acceptors (Lipinski definition) is 4. The lowest BCUT2D eigenvalue weighted by Gasteiger charge is -2.03. The number of halogens is 2. The first-order chi connectivity index (χ1) is 6.56. The van der Waals surface area contributed by atoms with Crippen LogP contribution < -0.4 is 4.18 Å². The number of nitrogens with zero attached hydrogens (tertiary/aromatic N) is 1. The maximum absolute atomic E-state index is 13.0. The second kappa shape index (κ2) is 4.23. The molecule has 0 unspecified atom stereocenters. The molecule has 4 nitrogen and oxygen atoms in total. The second-order valence-electron chi connectivity index (χ2n) is 2.24. The van der Waals surface area contributed by atoms with Crippen LogP contribution >= 0.6 is 12.0 Å². The van der Waals surface area contributed by atoms with Gasteiger partial charge in [0.05, 0.1) is 23.0 Å². The molecule has 0 spiro atoms. The molecule has 7 heteroatoms. The molecule has 0 heterocycles. The van der Waals surface area contributed by atoms with Gasteiger partial charge in [-0.25, -0.2) is 8.78 Å². The van der Waals surface area contributed by atoms with Crippen LogP contribution in [0.15, 0.2) is 12.1 Å². The van der Waals surface area contributed by atoms with Crippen molar-refractivity contribution >= 4 is 17.7 Å². The first-order valence-corrected chi connectivity index (χ1v) is 4.55. The molecule has 0 aliphatic rings. The molecule has 76 valence electrons. The summed E-state index contributed by atoms with van der Waals surface area (Å²) in [5, 5.41) is 10.4. The van der Waals surface area contributed by atoms with Crippen molar-refractivity contribution in [2.24, 2.45) is 0 Å². The van der Waals surface area contributed by atoms with E-state index in [1.54, 1.807) is 0 Å². The van der Waals surface area contributed by atoms with Gasteiger partial charge in [0.25, 0.3) is 0 Å². The summed E-state index contributed by atoms with van der Waals surface area (Å²) in [5.41, 5.74) is -0.725. The fourth-order valence-electron chi connectivity index (χ4n) is 0.848. The van der Waals surface area contributed by atoms with E-state index in [4.69, 9.17) is 0 Å². The normalized spacial score (nSPS) is 9.93. The molecule has 14 heavy (non-hydrogen) atoms. The molecule has 0 fully saturated rings. The fraction of sp³-hybridized carbons (Fsp3) is 0.143. The van der Waals surface area contributed by atoms with Crippen molar-refractivity contribution in [1.29, 1.82) is 0 Å². The standard InChI is InChI=1S/C7H5F2NO3S/c1-14-13-7-5(9)2-4(8)3-6(7)10(11)12/h2-3H,1H3. The zero-order chi connectivity index (χ0) is 10.7. The summed E-state index contributed by atoms with van der Waals surface area (Å²) < 4.78 is 30.2. The van der Waals surface area contributed by atoms with E-state index < -0.39 is 28.0 Å². The molecule has 1 aromatic rings. The summed E-state index contributed by atoms with van der Waals surface area (Å²) in [6, 6.07) is 1.13. The van der Waals surface area contributed by atoms with E-state index in [0.29, 0.717) is 12.1 Å². The third-order valence-electron chi connectivity index (χ3n) is 1.35. The van der Waals surface area contributed by atoms with E-state index >= 15 is 0 Å². The lowest BCUT2D eigenvalue weighted by Crippen LogP contribution is -1.96. The summed E-state index contributed by atoms with van der Waals surface area (Å²) in [6.45, 7) is 0. The van der Waals surface area contributed by atoms with Crippen LogP contribution in [0.3, 0.4) is 0 Å². The monoisotopic (exact) mass is 221 g/mol. The Morgan fingerprint density at radius 2 is 2.14 bits per heavy atom. The molecular formula is C7H5F2NO3S. The van der Waals surface area contributed by atoms with Crippen LogP contribution in [-0.4, -0.2) is 11.2 Å². The third-order valence-corrected chi connectivity index (χ3v) is 1.69. The van der Waals surface area contributed by atoms with Gasteiger partial charge in [0.1, 0.15) is 5.82 Å². The Bertz CT molecular complexity index is 372. The van der Waals surface area contributed by atoms with Gasteiger partial charge in [0.2, 0.25) is 5.75 Å². The van der Waals surface area contributed by atoms with Gasteiger partial charge in [0, 0.05) is 12.3 Å². The highest BCUT2D eigenvalue weighted by atomic mass is 32.2. The molecule has 0 aromatic heterocycles. The number of benzene rings is 1. The van der Waals surface area contributed by atoms with Crippen LogP contribution in [0.5, 0.6) is 5.75 Å². The Balaban J connectivity index is 3.28. The lowest BCUT2D eigenvalue weighted by atomic mass is 10.3. The molecule has 0 aliphatic heterocycles. The minimum atomic E-state index is -1.09. The van der Waals surface area contributed by atoms with Crippen LogP contribution in [0.25, 0.3) is 0 Å². The third kappa shape index (κ3) is 2.11. The van der Waals surface area contributed by atoms with Crippen molar-refractivity contribution in [1.82, 2.24) is 0 Å². The van der Waals surface area contributed by atoms with Gasteiger partial charge in [-0.05, 0) is 0 Å². The molecule has 0 atom stereocenters. The highest BCUT2D eigenvalue weighted by Crippen LogP contribution is 2.32. The van der Waals surface area contributed by atoms with Crippen molar-refractivity contribution in [2.45, 2.75) is 0 Å². The molecule has 0 radical (unpaired) electrons. The summed E-state index contributed by atoms with van der Waals surface area (Å²) in [7, 11) is 0. The van der Waals surface area contributed by atoms with Gasteiger partial charge in [-0.2, -0.15) is 0 Å². The molecule has 1 rings (SSSR count). The number of hydrogen-bond donors (Lipinski definition) is 0. The highest BCUT2D eigenvalue weighted by molar-refractivity contribution is 7.94. The molecule has 0 saturated heterocycles. The zero-order valence-corrected chi connectivity index (χ0v) is 7.81. The van der Waals surface area contributed by atoms with Gasteiger partial charge in [-0.1, -0.05) is 0 Å². The summed E-state index contributed by atoms with van der Waals surface area (Å²) in [6.07, 6.45) is 1.46. The average molecular weight is 221 g/mol. The molecule has 1 aromatic carbocycles. The Morgan fingerprint density at radius 1 is 1.50 bits per heavy atom. The van der Waals surface area contributed by atoms with Crippen molar-refractivity contribution in [3.05, 3.63) is 33.9 Å². The molecule has 0 amide bonds. The molecule has 0 N–H and O–H groups in total. The van der Waals surface area contributed by atoms with Gasteiger partial charge in [-0.15, -0.1) is 0 Å². The molecule has 0 aliphatic carbocycles. The quantitative estimate of drug-likeness (QED) is 0.447. The molecule has 0 bridgehead atoms. The maximum atomic E-state index is 13.0. The van der Waals surface area contributed by atoms with Gasteiger partial charge < -0.3 is 4.18 Å². The van der Waals surface area contributed by atoms with E-state index in [-0.39, 0.29) is 0 Å². The summed E-state index contributed by atoms with van der Waals surface area (Å²) in [5.74, 6) is -2.67. The number of nitro groups is 1. The SMILES string of the molecule is CSOc1c(F)cc(F)cc1[N+](=O)[O-]. The van der Waals surface area contributed by atoms with Gasteiger partial charge in [-0.3, -0.25) is 10.1 Å². The minimum Gasteiger partial charge on any atom is -0.416 e. The van der Waals surface area contributed by atoms with Crippen molar-refractivity contribution in [2.75, 3.05) is 6.26 Å². The van der Waals surface area contributed by atoms with Crippen molar-refractivity contribution in [3.8, 4) is 5.75 Å². The molecule has 0 saturated carbocycles. The Kier molecular flexibility index (Phi) is 3.23. The maximum Gasteiger partial charge on any atom is 0.318 e. The zero-order valence-electron chi connectivity index (χ0n) is 6.99. The van der Waals surface area contributed by atoms with E-state index in [2.05, 4.69) is 4.18 Å². The Morgan fingerprint density at radius 3 is 2.64 bits per heavy atom. The smallest absolute Gasteiger partial charge is 0.318 e. The van der Waals surface area contributed by atoms with Crippen LogP contribution in [0.4, 0.5) is 14.5 Å². The fourth-order valence-corrected chi connectivity index (χ4v) is 1.18. The lowest BCUT2D eigenvalue weighted by molar-refractivity contribution is -0.385. The van der Waals surface area contributed by atoms with E-state index in [1.807, 2.05) is 0 Å². The van der Waals surface area contributed by atoms with E-state index in [1.165, 1.54) is 6.26 Å². The predicted octanol–water partition coefficient (Wildman–Crippen LogP) is 2.53. The van der Waals surface area contributed by atoms with Crippen LogP contribution in [0.1, 0.15) is 0 Å². The minimum absolute atomic E-state index is 0.526.